The molecule has 1 heterocycles. The van der Waals surface area contributed by atoms with Crippen LogP contribution >= 0.6 is 10.8 Å². The van der Waals surface area contributed by atoms with Crippen molar-refractivity contribution >= 4 is 10.8 Å². The Kier molecular flexibility index (Phi) is 5.85. The van der Waals surface area contributed by atoms with E-state index >= 15 is 0 Å². The summed E-state index contributed by atoms with van der Waals surface area (Å²) in [6.45, 7) is 5.73. The first-order valence-electron chi connectivity index (χ1n) is 9.20. The molecule has 3 nitrogen and oxygen atoms in total. The summed E-state index contributed by atoms with van der Waals surface area (Å²) in [7, 11) is -2.89. The summed E-state index contributed by atoms with van der Waals surface area (Å²) in [5.74, 6) is 0.504. The fourth-order valence-electron chi connectivity index (χ4n) is 3.74. The smallest absolute Gasteiger partial charge is 0.0752 e. The van der Waals surface area contributed by atoms with Gasteiger partial charge in [0.15, 0.2) is 0 Å². The van der Waals surface area contributed by atoms with E-state index < -0.39 is 10.8 Å². The molecule has 0 aliphatic carbocycles. The van der Waals surface area contributed by atoms with Crippen LogP contribution in [-0.4, -0.2) is 26.5 Å². The van der Waals surface area contributed by atoms with Crippen LogP contribution in [0.2, 0.25) is 0 Å². The van der Waals surface area contributed by atoms with Crippen LogP contribution in [0.5, 0.6) is 0 Å². The normalized spacial score (nSPS) is 20.2. The van der Waals surface area contributed by atoms with Crippen molar-refractivity contribution in [2.45, 2.75) is 50.3 Å². The number of aryl methyl sites for hydroxylation is 2. The minimum atomic E-state index is -2.89. The molecule has 1 aliphatic rings. The van der Waals surface area contributed by atoms with Crippen LogP contribution in [0.15, 0.2) is 53.4 Å². The van der Waals surface area contributed by atoms with E-state index in [1.54, 1.807) is 0 Å². The largest absolute Gasteiger partial charge is 0.281 e. The van der Waals surface area contributed by atoms with Gasteiger partial charge in [-0.05, 0) is 67.3 Å². The third-order valence-corrected chi connectivity index (χ3v) is 7.31. The molecule has 0 radical (unpaired) electrons. The lowest BCUT2D eigenvalue weighted by Gasteiger charge is -2.42. The van der Waals surface area contributed by atoms with Gasteiger partial charge in [-0.2, -0.15) is 0 Å². The SMILES string of the molecule is CCc1ccc(S(O)(O)N2CCC[C@H](c3ccccc3C)CC2)cc1. The highest BCUT2D eigenvalue weighted by molar-refractivity contribution is 8.22. The molecule has 3 rings (SSSR count). The van der Waals surface area contributed by atoms with E-state index in [9.17, 15) is 9.11 Å². The maximum Gasteiger partial charge on any atom is 0.0752 e. The predicted octanol–water partition coefficient (Wildman–Crippen LogP) is 5.85. The van der Waals surface area contributed by atoms with Crippen molar-refractivity contribution in [1.82, 2.24) is 4.31 Å². The third kappa shape index (κ3) is 4.09. The second-order valence-corrected chi connectivity index (χ2v) is 8.96. The minimum absolute atomic E-state index is 0.504. The molecule has 1 saturated heterocycles. The van der Waals surface area contributed by atoms with Gasteiger partial charge in [0.1, 0.15) is 0 Å². The van der Waals surface area contributed by atoms with E-state index in [1.165, 1.54) is 16.7 Å². The number of rotatable bonds is 4. The summed E-state index contributed by atoms with van der Waals surface area (Å²) in [6, 6.07) is 16.3. The number of benzene rings is 2. The van der Waals surface area contributed by atoms with Crippen molar-refractivity contribution in [3.8, 4) is 0 Å². The first kappa shape index (κ1) is 18.5. The molecule has 1 fully saturated rings. The molecular weight excluding hydrogens is 330 g/mol. The first-order valence-corrected chi connectivity index (χ1v) is 10.7. The highest BCUT2D eigenvalue weighted by Crippen LogP contribution is 2.52. The zero-order valence-electron chi connectivity index (χ0n) is 15.2. The Balaban J connectivity index is 1.74. The molecule has 1 atom stereocenters. The topological polar surface area (TPSA) is 43.7 Å². The van der Waals surface area contributed by atoms with Gasteiger partial charge >= 0.3 is 0 Å². The Bertz CT molecular complexity index is 699. The second kappa shape index (κ2) is 7.92. The van der Waals surface area contributed by atoms with Gasteiger partial charge in [0.2, 0.25) is 0 Å². The van der Waals surface area contributed by atoms with E-state index in [0.29, 0.717) is 10.8 Å². The van der Waals surface area contributed by atoms with E-state index in [0.717, 1.165) is 38.8 Å². The Labute approximate surface area is 153 Å². The molecule has 1 aliphatic heterocycles. The van der Waals surface area contributed by atoms with E-state index in [1.807, 2.05) is 28.6 Å². The molecule has 2 aromatic carbocycles. The van der Waals surface area contributed by atoms with Gasteiger partial charge in [-0.3, -0.25) is 9.11 Å². The van der Waals surface area contributed by atoms with Crippen LogP contribution in [-0.2, 0) is 6.42 Å². The fraction of sp³-hybridized carbons (Fsp3) is 0.429. The summed E-state index contributed by atoms with van der Waals surface area (Å²) in [6.07, 6.45) is 4.02. The zero-order chi connectivity index (χ0) is 17.9. The quantitative estimate of drug-likeness (QED) is 0.719. The Morgan fingerprint density at radius 3 is 2.40 bits per heavy atom. The zero-order valence-corrected chi connectivity index (χ0v) is 16.0. The highest BCUT2D eigenvalue weighted by Gasteiger charge is 2.28. The van der Waals surface area contributed by atoms with Crippen molar-refractivity contribution in [2.24, 2.45) is 0 Å². The standard InChI is InChI=1S/C21H29NO2S/c1-3-18-10-12-20(13-11-18)25(23,24)22-15-6-8-19(14-16-22)21-9-5-4-7-17(21)2/h4-5,7,9-13,19,23-24H,3,6,8,14-16H2,1-2H3/t19-/m0/s1. The minimum Gasteiger partial charge on any atom is -0.281 e. The fourth-order valence-corrected chi connectivity index (χ4v) is 5.28. The van der Waals surface area contributed by atoms with Crippen molar-refractivity contribution in [3.63, 3.8) is 0 Å². The summed E-state index contributed by atoms with van der Waals surface area (Å²) in [5.41, 5.74) is 3.96. The van der Waals surface area contributed by atoms with Gasteiger partial charge in [-0.15, -0.1) is 10.8 Å². The van der Waals surface area contributed by atoms with Gasteiger partial charge in [-0.25, -0.2) is 4.31 Å². The van der Waals surface area contributed by atoms with Crippen molar-refractivity contribution in [3.05, 3.63) is 65.2 Å². The number of nitrogens with zero attached hydrogens (tertiary/aromatic N) is 1. The van der Waals surface area contributed by atoms with Gasteiger partial charge in [0.05, 0.1) is 4.90 Å². The van der Waals surface area contributed by atoms with Gasteiger partial charge in [0.25, 0.3) is 0 Å². The molecule has 25 heavy (non-hydrogen) atoms. The maximum atomic E-state index is 10.9. The summed E-state index contributed by atoms with van der Waals surface area (Å²) >= 11 is 0. The van der Waals surface area contributed by atoms with Gasteiger partial charge in [-0.1, -0.05) is 43.3 Å². The van der Waals surface area contributed by atoms with Crippen LogP contribution < -0.4 is 0 Å². The van der Waals surface area contributed by atoms with Gasteiger partial charge < -0.3 is 0 Å². The summed E-state index contributed by atoms with van der Waals surface area (Å²) in [4.78, 5) is 0.638. The summed E-state index contributed by atoms with van der Waals surface area (Å²) in [5, 5.41) is 0. The Morgan fingerprint density at radius 2 is 1.72 bits per heavy atom. The molecule has 2 aromatic rings. The van der Waals surface area contributed by atoms with Crippen LogP contribution in [0.3, 0.4) is 0 Å². The van der Waals surface area contributed by atoms with Crippen LogP contribution in [0.1, 0.15) is 48.8 Å². The molecule has 0 unspecified atom stereocenters. The molecule has 0 amide bonds. The van der Waals surface area contributed by atoms with Crippen LogP contribution in [0.4, 0.5) is 0 Å². The molecular formula is C21H29NO2S. The summed E-state index contributed by atoms with van der Waals surface area (Å²) < 4.78 is 23.6. The van der Waals surface area contributed by atoms with Crippen LogP contribution in [0.25, 0.3) is 0 Å². The van der Waals surface area contributed by atoms with E-state index in [2.05, 4.69) is 38.1 Å². The van der Waals surface area contributed by atoms with Crippen molar-refractivity contribution in [1.29, 1.82) is 0 Å². The average Bonchev–Trinajstić information content (AvgIpc) is 2.89. The molecule has 0 saturated carbocycles. The number of hydrogen-bond donors (Lipinski definition) is 2. The van der Waals surface area contributed by atoms with E-state index in [4.69, 9.17) is 0 Å². The lowest BCUT2D eigenvalue weighted by molar-refractivity contribution is 0.353. The van der Waals surface area contributed by atoms with Crippen LogP contribution in [0, 0.1) is 6.92 Å². The Hall–Kier alpha value is -1.33. The number of hydrogen-bond acceptors (Lipinski definition) is 3. The molecule has 2 N–H and O–H groups in total. The molecule has 0 spiro atoms. The van der Waals surface area contributed by atoms with Gasteiger partial charge in [0, 0.05) is 13.1 Å². The lowest BCUT2D eigenvalue weighted by Crippen LogP contribution is -2.28. The molecule has 4 heteroatoms. The monoisotopic (exact) mass is 359 g/mol. The van der Waals surface area contributed by atoms with E-state index in [-0.39, 0.29) is 0 Å². The Morgan fingerprint density at radius 1 is 1.00 bits per heavy atom. The highest BCUT2D eigenvalue weighted by atomic mass is 32.3. The third-order valence-electron chi connectivity index (χ3n) is 5.32. The average molecular weight is 360 g/mol. The molecule has 136 valence electrons. The first-order chi connectivity index (χ1) is 12.0. The van der Waals surface area contributed by atoms with Crippen molar-refractivity contribution in [2.75, 3.05) is 13.1 Å². The second-order valence-electron chi connectivity index (χ2n) is 6.93. The maximum absolute atomic E-state index is 10.9. The van der Waals surface area contributed by atoms with Crippen molar-refractivity contribution < 1.29 is 9.11 Å². The lowest BCUT2D eigenvalue weighted by atomic mass is 9.89. The predicted molar refractivity (Wildman–Crippen MR) is 106 cm³/mol. The molecule has 0 bridgehead atoms. The molecule has 0 aromatic heterocycles.